The molecule has 2 aromatic rings. The summed E-state index contributed by atoms with van der Waals surface area (Å²) in [6.45, 7) is 6.40. The monoisotopic (exact) mass is 400 g/mol. The van der Waals surface area contributed by atoms with E-state index in [9.17, 15) is 4.79 Å². The highest BCUT2D eigenvalue weighted by Crippen LogP contribution is 2.23. The van der Waals surface area contributed by atoms with Crippen LogP contribution in [0.3, 0.4) is 0 Å². The number of hydrogen-bond donors (Lipinski definition) is 3. The molecular weight excluding hydrogens is 371 g/mol. The number of piperidine rings is 1. The zero-order valence-corrected chi connectivity index (χ0v) is 17.1. The Morgan fingerprint density at radius 3 is 2.58 bits per heavy atom. The number of H-pyrrole nitrogens is 1. The van der Waals surface area contributed by atoms with E-state index in [2.05, 4.69) is 34.4 Å². The summed E-state index contributed by atoms with van der Waals surface area (Å²) < 4.78 is 0. The van der Waals surface area contributed by atoms with Crippen molar-refractivity contribution < 1.29 is 4.79 Å². The number of fused-ring (bicyclic) bond motifs is 1. The molecule has 1 atom stereocenters. The van der Waals surface area contributed by atoms with Crippen LogP contribution in [0, 0.1) is 11.8 Å². The lowest BCUT2D eigenvalue weighted by molar-refractivity contribution is -0.122. The van der Waals surface area contributed by atoms with Gasteiger partial charge in [0.05, 0.1) is 17.1 Å². The molecule has 1 aromatic carbocycles. The highest BCUT2D eigenvalue weighted by Gasteiger charge is 2.22. The van der Waals surface area contributed by atoms with E-state index in [0.717, 1.165) is 36.4 Å². The molecule has 2 heterocycles. The fraction of sp³-hybridized carbons (Fsp3) is 0.579. The summed E-state index contributed by atoms with van der Waals surface area (Å²) >= 11 is 0. The molecule has 0 spiro atoms. The molecule has 0 aliphatic carbocycles. The lowest BCUT2D eigenvalue weighted by atomic mass is 9.93. The molecule has 1 aliphatic rings. The van der Waals surface area contributed by atoms with Crippen molar-refractivity contribution in [2.75, 3.05) is 13.1 Å². The van der Waals surface area contributed by atoms with Crippen LogP contribution in [0.1, 0.15) is 51.4 Å². The molecule has 26 heavy (non-hydrogen) atoms. The first-order chi connectivity index (χ1) is 11.6. The maximum absolute atomic E-state index is 12.4. The van der Waals surface area contributed by atoms with Gasteiger partial charge in [-0.1, -0.05) is 26.0 Å². The maximum Gasteiger partial charge on any atom is 0.220 e. The Morgan fingerprint density at radius 1 is 1.23 bits per heavy atom. The third-order valence-corrected chi connectivity index (χ3v) is 4.92. The average Bonchev–Trinajstić information content (AvgIpc) is 3.02. The zero-order valence-electron chi connectivity index (χ0n) is 15.5. The minimum absolute atomic E-state index is 0. The molecule has 7 heteroatoms. The number of rotatable bonds is 6. The minimum Gasteiger partial charge on any atom is -0.346 e. The van der Waals surface area contributed by atoms with E-state index in [1.165, 1.54) is 12.8 Å². The van der Waals surface area contributed by atoms with Crippen molar-refractivity contribution in [3.8, 4) is 0 Å². The van der Waals surface area contributed by atoms with Gasteiger partial charge in [0.15, 0.2) is 0 Å². The van der Waals surface area contributed by atoms with Gasteiger partial charge >= 0.3 is 0 Å². The molecule has 1 fully saturated rings. The number of para-hydroxylation sites is 2. The van der Waals surface area contributed by atoms with E-state index in [-0.39, 0.29) is 42.7 Å². The summed E-state index contributed by atoms with van der Waals surface area (Å²) in [7, 11) is 0. The molecule has 0 bridgehead atoms. The number of carbonyl (C=O) groups is 1. The fourth-order valence-corrected chi connectivity index (χ4v) is 3.42. The quantitative estimate of drug-likeness (QED) is 0.685. The van der Waals surface area contributed by atoms with Crippen LogP contribution in [0.5, 0.6) is 0 Å². The van der Waals surface area contributed by atoms with Gasteiger partial charge in [0.1, 0.15) is 5.82 Å². The van der Waals surface area contributed by atoms with Crippen molar-refractivity contribution in [1.29, 1.82) is 0 Å². The fourth-order valence-electron chi connectivity index (χ4n) is 3.42. The summed E-state index contributed by atoms with van der Waals surface area (Å²) in [5.41, 5.74) is 1.96. The SMILES string of the molecule is CC(C)C(NC(=O)CCC1CCNCC1)c1nc2ccccc2[nH]1.Cl.Cl. The first-order valence-electron chi connectivity index (χ1n) is 9.08. The van der Waals surface area contributed by atoms with E-state index in [4.69, 9.17) is 0 Å². The first-order valence-corrected chi connectivity index (χ1v) is 9.08. The zero-order chi connectivity index (χ0) is 16.9. The number of aromatic amines is 1. The van der Waals surface area contributed by atoms with Gasteiger partial charge in [0.25, 0.3) is 0 Å². The number of aromatic nitrogens is 2. The van der Waals surface area contributed by atoms with E-state index in [0.29, 0.717) is 12.3 Å². The molecule has 5 nitrogen and oxygen atoms in total. The van der Waals surface area contributed by atoms with E-state index in [1.54, 1.807) is 0 Å². The van der Waals surface area contributed by atoms with Crippen molar-refractivity contribution in [1.82, 2.24) is 20.6 Å². The Hall–Kier alpha value is -1.30. The number of imidazole rings is 1. The largest absolute Gasteiger partial charge is 0.346 e. The number of carbonyl (C=O) groups excluding carboxylic acids is 1. The summed E-state index contributed by atoms with van der Waals surface area (Å²) in [5, 5.41) is 6.56. The Kier molecular flexibility index (Phi) is 9.41. The Morgan fingerprint density at radius 2 is 1.92 bits per heavy atom. The third kappa shape index (κ3) is 5.86. The van der Waals surface area contributed by atoms with Gasteiger partial charge in [-0.05, 0) is 56.3 Å². The second-order valence-corrected chi connectivity index (χ2v) is 7.16. The van der Waals surface area contributed by atoms with Crippen molar-refractivity contribution in [3.05, 3.63) is 30.1 Å². The second kappa shape index (κ2) is 10.8. The standard InChI is InChI=1S/C19H28N4O.2ClH/c1-13(2)18(19-21-15-5-3-4-6-16(15)22-19)23-17(24)8-7-14-9-11-20-12-10-14;;/h3-6,13-14,18,20H,7-12H2,1-2H3,(H,21,22)(H,23,24);2*1H. The molecule has 3 N–H and O–H groups in total. The number of halogens is 2. The van der Waals surface area contributed by atoms with Crippen LogP contribution in [0.2, 0.25) is 0 Å². The smallest absolute Gasteiger partial charge is 0.220 e. The molecule has 0 radical (unpaired) electrons. The second-order valence-electron chi connectivity index (χ2n) is 7.16. The van der Waals surface area contributed by atoms with Crippen molar-refractivity contribution in [3.63, 3.8) is 0 Å². The van der Waals surface area contributed by atoms with Gasteiger partial charge in [0.2, 0.25) is 5.91 Å². The van der Waals surface area contributed by atoms with Crippen LogP contribution in [-0.4, -0.2) is 29.0 Å². The highest BCUT2D eigenvalue weighted by atomic mass is 35.5. The van der Waals surface area contributed by atoms with Crippen molar-refractivity contribution in [2.45, 2.75) is 45.6 Å². The van der Waals surface area contributed by atoms with Crippen LogP contribution < -0.4 is 10.6 Å². The topological polar surface area (TPSA) is 69.8 Å². The normalized spacial score (nSPS) is 16.0. The van der Waals surface area contributed by atoms with Crippen LogP contribution in [0.4, 0.5) is 0 Å². The van der Waals surface area contributed by atoms with Gasteiger partial charge in [0, 0.05) is 6.42 Å². The van der Waals surface area contributed by atoms with Crippen molar-refractivity contribution >= 4 is 41.8 Å². The highest BCUT2D eigenvalue weighted by molar-refractivity contribution is 5.85. The third-order valence-electron chi connectivity index (χ3n) is 4.92. The number of amides is 1. The predicted octanol–water partition coefficient (Wildman–Crippen LogP) is 4.00. The number of nitrogens with zero attached hydrogens (tertiary/aromatic N) is 1. The van der Waals surface area contributed by atoms with E-state index in [1.807, 2.05) is 24.3 Å². The van der Waals surface area contributed by atoms with Crippen LogP contribution in [-0.2, 0) is 4.79 Å². The first kappa shape index (κ1) is 22.7. The summed E-state index contributed by atoms with van der Waals surface area (Å²) in [6, 6.07) is 7.91. The molecule has 1 aliphatic heterocycles. The van der Waals surface area contributed by atoms with E-state index >= 15 is 0 Å². The van der Waals surface area contributed by atoms with Crippen LogP contribution in [0.15, 0.2) is 24.3 Å². The molecular formula is C19H30Cl2N4O. The predicted molar refractivity (Wildman–Crippen MR) is 111 cm³/mol. The summed E-state index contributed by atoms with van der Waals surface area (Å²) in [5.74, 6) is 1.95. The molecule has 1 saturated heterocycles. The number of hydrogen-bond acceptors (Lipinski definition) is 3. The van der Waals surface area contributed by atoms with Gasteiger partial charge in [-0.25, -0.2) is 4.98 Å². The van der Waals surface area contributed by atoms with Gasteiger partial charge in [-0.2, -0.15) is 0 Å². The minimum atomic E-state index is -0.0714. The van der Waals surface area contributed by atoms with Crippen LogP contribution in [0.25, 0.3) is 11.0 Å². The lowest BCUT2D eigenvalue weighted by Crippen LogP contribution is -2.33. The lowest BCUT2D eigenvalue weighted by Gasteiger charge is -2.24. The van der Waals surface area contributed by atoms with E-state index < -0.39 is 0 Å². The average molecular weight is 401 g/mol. The molecule has 1 unspecified atom stereocenters. The molecule has 3 rings (SSSR count). The summed E-state index contributed by atoms with van der Waals surface area (Å²) in [6.07, 6.45) is 3.96. The molecule has 0 saturated carbocycles. The number of benzene rings is 1. The summed E-state index contributed by atoms with van der Waals surface area (Å²) in [4.78, 5) is 20.4. The van der Waals surface area contributed by atoms with Gasteiger partial charge in [-0.15, -0.1) is 24.8 Å². The molecule has 146 valence electrons. The number of nitrogens with one attached hydrogen (secondary N) is 3. The molecule has 1 aromatic heterocycles. The van der Waals surface area contributed by atoms with Gasteiger partial charge < -0.3 is 15.6 Å². The Balaban J connectivity index is 0.00000169. The van der Waals surface area contributed by atoms with Crippen molar-refractivity contribution in [2.24, 2.45) is 11.8 Å². The Labute approximate surface area is 167 Å². The van der Waals surface area contributed by atoms with Crippen LogP contribution >= 0.6 is 24.8 Å². The maximum atomic E-state index is 12.4. The molecule has 1 amide bonds. The Bertz CT molecular complexity index is 650. The van der Waals surface area contributed by atoms with Gasteiger partial charge in [-0.3, -0.25) is 4.79 Å².